The zero-order chi connectivity index (χ0) is 20.2. The quantitative estimate of drug-likeness (QED) is 0.734. The van der Waals surface area contributed by atoms with Crippen molar-refractivity contribution in [2.75, 3.05) is 18.1 Å². The highest BCUT2D eigenvalue weighted by molar-refractivity contribution is 6.21. The Morgan fingerprint density at radius 3 is 2.45 bits per heavy atom. The summed E-state index contributed by atoms with van der Waals surface area (Å²) >= 11 is 0. The van der Waals surface area contributed by atoms with Gasteiger partial charge in [0.25, 0.3) is 5.91 Å². The number of benzene rings is 2. The molecule has 29 heavy (non-hydrogen) atoms. The van der Waals surface area contributed by atoms with E-state index in [0.29, 0.717) is 17.9 Å². The molecule has 0 aliphatic carbocycles. The Morgan fingerprint density at radius 1 is 1.00 bits per heavy atom. The summed E-state index contributed by atoms with van der Waals surface area (Å²) in [5.74, 6) is 1.10. The first-order chi connectivity index (χ1) is 14.2. The Balaban J connectivity index is 1.48. The summed E-state index contributed by atoms with van der Waals surface area (Å²) in [6, 6.07) is 16.4. The molecule has 2 aromatic rings. The van der Waals surface area contributed by atoms with E-state index in [-0.39, 0.29) is 36.9 Å². The molecule has 2 N–H and O–H groups in total. The Morgan fingerprint density at radius 2 is 1.72 bits per heavy atom. The summed E-state index contributed by atoms with van der Waals surface area (Å²) in [6.45, 7) is 1.00. The highest BCUT2D eigenvalue weighted by Gasteiger charge is 2.48. The topological polar surface area (TPSA) is 71.3 Å². The molecule has 2 aliphatic heterocycles. The fourth-order valence-electron chi connectivity index (χ4n) is 4.53. The zero-order valence-corrected chi connectivity index (χ0v) is 16.4. The highest BCUT2D eigenvalue weighted by Crippen LogP contribution is 2.27. The van der Waals surface area contributed by atoms with Crippen LogP contribution >= 0.6 is 0 Å². The van der Waals surface area contributed by atoms with E-state index in [4.69, 9.17) is 4.74 Å². The van der Waals surface area contributed by atoms with Crippen LogP contribution in [0, 0.1) is 0 Å². The Hall–Kier alpha value is -2.70. The molecule has 0 bridgehead atoms. The van der Waals surface area contributed by atoms with Crippen LogP contribution in [0.1, 0.15) is 32.1 Å². The monoisotopic (exact) mass is 395 g/mol. The Kier molecular flexibility index (Phi) is 5.92. The number of rotatable bonds is 6. The molecule has 6 nitrogen and oxygen atoms in total. The maximum Gasteiger partial charge on any atom is 0.292 e. The summed E-state index contributed by atoms with van der Waals surface area (Å²) in [6.07, 6.45) is 4.09. The summed E-state index contributed by atoms with van der Waals surface area (Å²) in [5, 5.41) is 9.37. The number of para-hydroxylation sites is 1. The molecule has 0 saturated carbocycles. The van der Waals surface area contributed by atoms with Crippen LogP contribution in [-0.2, 0) is 9.59 Å². The van der Waals surface area contributed by atoms with Gasteiger partial charge in [-0.1, -0.05) is 18.2 Å². The predicted molar refractivity (Wildman–Crippen MR) is 109 cm³/mol. The van der Waals surface area contributed by atoms with Gasteiger partial charge in [-0.2, -0.15) is 0 Å². The second-order valence-electron chi connectivity index (χ2n) is 7.76. The normalized spacial score (nSPS) is 24.7. The first-order valence-electron chi connectivity index (χ1n) is 10.3. The molecule has 0 radical (unpaired) electrons. The van der Waals surface area contributed by atoms with Crippen LogP contribution in [-0.4, -0.2) is 42.2 Å². The number of carbonyl (C=O) groups is 2. The van der Waals surface area contributed by atoms with Crippen molar-refractivity contribution in [1.29, 1.82) is 0 Å². The number of nitrogens with one attached hydrogen (secondary N) is 1. The van der Waals surface area contributed by atoms with Crippen molar-refractivity contribution in [3.8, 4) is 11.5 Å². The maximum atomic E-state index is 13.1. The zero-order valence-electron chi connectivity index (χ0n) is 16.4. The number of aliphatic hydroxyl groups is 1. The van der Waals surface area contributed by atoms with Crippen molar-refractivity contribution in [1.82, 2.24) is 0 Å². The maximum absolute atomic E-state index is 13.1. The average molecular weight is 395 g/mol. The summed E-state index contributed by atoms with van der Waals surface area (Å²) in [7, 11) is 0. The lowest BCUT2D eigenvalue weighted by Crippen LogP contribution is -3.20. The van der Waals surface area contributed by atoms with Crippen LogP contribution in [0.3, 0.4) is 0 Å². The van der Waals surface area contributed by atoms with Gasteiger partial charge in [0.2, 0.25) is 5.91 Å². The molecule has 2 fully saturated rings. The first kappa shape index (κ1) is 19.6. The minimum atomic E-state index is -0.348. The number of anilines is 1. The number of aliphatic hydroxyl groups excluding tert-OH is 1. The molecule has 2 aromatic carbocycles. The van der Waals surface area contributed by atoms with Gasteiger partial charge in [0, 0.05) is 13.0 Å². The molecule has 152 valence electrons. The van der Waals surface area contributed by atoms with Gasteiger partial charge in [-0.15, -0.1) is 0 Å². The standard InChI is InChI=1S/C23H26N2O4/c26-15-13-17-6-4-5-14-24(17)21-16-22(27)25(23(21)28)18-9-11-20(12-10-18)29-19-7-2-1-3-8-19/h1-3,7-12,17,21,26H,4-6,13-16H2/p+1/t17-,21+/m0/s1. The van der Waals surface area contributed by atoms with E-state index in [9.17, 15) is 14.7 Å². The third-order valence-corrected chi connectivity index (χ3v) is 5.94. The van der Waals surface area contributed by atoms with E-state index in [2.05, 4.69) is 0 Å². The van der Waals surface area contributed by atoms with Gasteiger partial charge >= 0.3 is 0 Å². The lowest BCUT2D eigenvalue weighted by atomic mass is 9.97. The van der Waals surface area contributed by atoms with Gasteiger partial charge in [0.1, 0.15) is 11.5 Å². The van der Waals surface area contributed by atoms with E-state index in [1.54, 1.807) is 24.3 Å². The second-order valence-corrected chi connectivity index (χ2v) is 7.76. The van der Waals surface area contributed by atoms with Crippen LogP contribution in [0.25, 0.3) is 0 Å². The molecule has 6 heteroatoms. The number of piperidine rings is 1. The number of imide groups is 1. The van der Waals surface area contributed by atoms with Crippen molar-refractivity contribution >= 4 is 17.5 Å². The smallest absolute Gasteiger partial charge is 0.292 e. The molecule has 0 aromatic heterocycles. The summed E-state index contributed by atoms with van der Waals surface area (Å²) in [4.78, 5) is 28.3. The number of carbonyl (C=O) groups excluding carboxylic acids is 2. The largest absolute Gasteiger partial charge is 0.457 e. The molecular formula is C23H27N2O4+. The van der Waals surface area contributed by atoms with Crippen LogP contribution < -0.4 is 14.5 Å². The number of quaternary nitrogens is 1. The lowest BCUT2D eigenvalue weighted by molar-refractivity contribution is -0.945. The SMILES string of the molecule is O=C1C[C@@H]([NH+]2CCCC[C@H]2CCO)C(=O)N1c1ccc(Oc2ccccc2)cc1. The molecule has 3 atom stereocenters. The van der Waals surface area contributed by atoms with Gasteiger partial charge < -0.3 is 14.7 Å². The summed E-state index contributed by atoms with van der Waals surface area (Å²) in [5.41, 5.74) is 0.582. The summed E-state index contributed by atoms with van der Waals surface area (Å²) < 4.78 is 5.79. The van der Waals surface area contributed by atoms with Crippen LogP contribution in [0.5, 0.6) is 11.5 Å². The van der Waals surface area contributed by atoms with Crippen molar-refractivity contribution in [3.05, 3.63) is 54.6 Å². The molecule has 2 aliphatic rings. The number of likely N-dealkylation sites (tertiary alicyclic amines) is 1. The first-order valence-corrected chi connectivity index (χ1v) is 10.3. The van der Waals surface area contributed by atoms with Crippen LogP contribution in [0.4, 0.5) is 5.69 Å². The van der Waals surface area contributed by atoms with Crippen LogP contribution in [0.2, 0.25) is 0 Å². The van der Waals surface area contributed by atoms with Crippen molar-refractivity contribution < 1.29 is 24.3 Å². The molecule has 2 saturated heterocycles. The van der Waals surface area contributed by atoms with E-state index in [1.807, 2.05) is 30.3 Å². The fourth-order valence-corrected chi connectivity index (χ4v) is 4.53. The fraction of sp³-hybridized carbons (Fsp3) is 0.391. The molecule has 0 spiro atoms. The van der Waals surface area contributed by atoms with E-state index in [1.165, 1.54) is 4.90 Å². The number of amides is 2. The average Bonchev–Trinajstić information content (AvgIpc) is 3.04. The number of ether oxygens (including phenoxy) is 1. The van der Waals surface area contributed by atoms with Gasteiger partial charge in [0.05, 0.1) is 24.7 Å². The lowest BCUT2D eigenvalue weighted by Gasteiger charge is -2.35. The molecule has 1 unspecified atom stereocenters. The third kappa shape index (κ3) is 4.18. The van der Waals surface area contributed by atoms with Crippen molar-refractivity contribution in [2.24, 2.45) is 0 Å². The van der Waals surface area contributed by atoms with Gasteiger partial charge in [0.15, 0.2) is 6.04 Å². The van der Waals surface area contributed by atoms with E-state index in [0.717, 1.165) is 36.5 Å². The second kappa shape index (κ2) is 8.76. The van der Waals surface area contributed by atoms with Gasteiger partial charge in [-0.05, 0) is 55.7 Å². The Labute approximate surface area is 170 Å². The highest BCUT2D eigenvalue weighted by atomic mass is 16.5. The minimum Gasteiger partial charge on any atom is -0.457 e. The van der Waals surface area contributed by atoms with E-state index >= 15 is 0 Å². The van der Waals surface area contributed by atoms with E-state index < -0.39 is 0 Å². The van der Waals surface area contributed by atoms with Gasteiger partial charge in [-0.3, -0.25) is 9.59 Å². The number of hydrogen-bond donors (Lipinski definition) is 2. The third-order valence-electron chi connectivity index (χ3n) is 5.94. The van der Waals surface area contributed by atoms with Gasteiger partial charge in [-0.25, -0.2) is 4.90 Å². The molecule has 2 heterocycles. The molecule has 2 amide bonds. The number of nitrogens with zero attached hydrogens (tertiary/aromatic N) is 1. The molecular weight excluding hydrogens is 368 g/mol. The molecule has 4 rings (SSSR count). The predicted octanol–water partition coefficient (Wildman–Crippen LogP) is 1.93. The van der Waals surface area contributed by atoms with Crippen LogP contribution in [0.15, 0.2) is 54.6 Å². The number of hydrogen-bond acceptors (Lipinski definition) is 4. The van der Waals surface area contributed by atoms with Crippen molar-refractivity contribution in [2.45, 2.75) is 44.2 Å². The Bertz CT molecular complexity index is 851. The van der Waals surface area contributed by atoms with Crippen molar-refractivity contribution in [3.63, 3.8) is 0 Å². The minimum absolute atomic E-state index is 0.121.